The molecule has 0 saturated carbocycles. The van der Waals surface area contributed by atoms with Crippen LogP contribution in [0.1, 0.15) is 25.0 Å². The van der Waals surface area contributed by atoms with E-state index in [1.54, 1.807) is 11.8 Å². The third kappa shape index (κ3) is 6.81. The van der Waals surface area contributed by atoms with Crippen LogP contribution in [0.2, 0.25) is 5.02 Å². The zero-order valence-corrected chi connectivity index (χ0v) is 16.7. The maximum absolute atomic E-state index is 12.0. The van der Waals surface area contributed by atoms with Crippen molar-refractivity contribution < 1.29 is 14.3 Å². The van der Waals surface area contributed by atoms with Crippen molar-refractivity contribution in [2.75, 3.05) is 19.0 Å². The fourth-order valence-electron chi connectivity index (χ4n) is 2.35. The first kappa shape index (κ1) is 20.5. The molecule has 2 rings (SSSR count). The number of benzene rings is 2. The van der Waals surface area contributed by atoms with E-state index >= 15 is 0 Å². The molecular weight excluding hydrogens is 370 g/mol. The largest absolute Gasteiger partial charge is 0.490 e. The molecule has 2 aromatic carbocycles. The maximum atomic E-state index is 12.0. The molecule has 0 aliphatic rings. The number of carbonyl (C=O) groups is 1. The highest BCUT2D eigenvalue weighted by atomic mass is 35.5. The summed E-state index contributed by atoms with van der Waals surface area (Å²) in [5, 5.41) is 3.65. The molecule has 0 unspecified atom stereocenters. The van der Waals surface area contributed by atoms with Gasteiger partial charge in [0.05, 0.1) is 19.0 Å². The van der Waals surface area contributed by atoms with E-state index < -0.39 is 0 Å². The number of hydrogen-bond acceptors (Lipinski definition) is 4. The molecule has 6 heteroatoms. The molecule has 1 N–H and O–H groups in total. The van der Waals surface area contributed by atoms with Gasteiger partial charge in [-0.1, -0.05) is 29.8 Å². The highest BCUT2D eigenvalue weighted by Gasteiger charge is 2.08. The minimum atomic E-state index is 0.00359. The van der Waals surface area contributed by atoms with Crippen LogP contribution in [0, 0.1) is 0 Å². The lowest BCUT2D eigenvalue weighted by Gasteiger charge is -2.13. The number of hydrogen-bond donors (Lipinski definition) is 1. The van der Waals surface area contributed by atoms with Crippen molar-refractivity contribution in [2.45, 2.75) is 26.1 Å². The van der Waals surface area contributed by atoms with Crippen LogP contribution < -0.4 is 14.8 Å². The Kier molecular flexibility index (Phi) is 8.65. The fraction of sp³-hybridized carbons (Fsp3) is 0.350. The van der Waals surface area contributed by atoms with Gasteiger partial charge in [-0.05, 0) is 49.2 Å². The van der Waals surface area contributed by atoms with E-state index in [1.165, 1.54) is 0 Å². The second-order valence-corrected chi connectivity index (χ2v) is 6.97. The molecule has 0 bridgehead atoms. The van der Waals surface area contributed by atoms with Crippen LogP contribution in [0.4, 0.5) is 0 Å². The molecular formula is C20H24ClNO3S. The number of rotatable bonds is 10. The first-order chi connectivity index (χ1) is 12.6. The van der Waals surface area contributed by atoms with Gasteiger partial charge in [-0.3, -0.25) is 4.79 Å². The normalized spacial score (nSPS) is 10.4. The highest BCUT2D eigenvalue weighted by Crippen LogP contribution is 2.28. The number of halogens is 1. The zero-order chi connectivity index (χ0) is 18.8. The van der Waals surface area contributed by atoms with Crippen LogP contribution in [0.3, 0.4) is 0 Å². The molecule has 0 atom stereocenters. The molecule has 4 nitrogen and oxygen atoms in total. The maximum Gasteiger partial charge on any atom is 0.230 e. The number of ether oxygens (including phenoxy) is 2. The summed E-state index contributed by atoms with van der Waals surface area (Å²) in [7, 11) is 0. The van der Waals surface area contributed by atoms with Gasteiger partial charge >= 0.3 is 0 Å². The molecule has 0 heterocycles. The van der Waals surface area contributed by atoms with E-state index in [1.807, 2.05) is 56.3 Å². The Bertz CT molecular complexity index is 724. The van der Waals surface area contributed by atoms with Crippen LogP contribution in [-0.2, 0) is 17.1 Å². The molecule has 0 fully saturated rings. The van der Waals surface area contributed by atoms with E-state index in [4.69, 9.17) is 21.1 Å². The summed E-state index contributed by atoms with van der Waals surface area (Å²) < 4.78 is 11.2. The lowest BCUT2D eigenvalue weighted by Crippen LogP contribution is -2.24. The Morgan fingerprint density at radius 3 is 2.54 bits per heavy atom. The smallest absolute Gasteiger partial charge is 0.230 e. The van der Waals surface area contributed by atoms with Gasteiger partial charge in [0.25, 0.3) is 0 Å². The standard InChI is InChI=1S/C20H24ClNO3S/c1-3-24-18-9-8-15(11-19(18)25-4-2)12-22-20(23)14-26-13-16-6-5-7-17(21)10-16/h5-11H,3-4,12-14H2,1-2H3,(H,22,23). The van der Waals surface area contributed by atoms with Gasteiger partial charge in [0.2, 0.25) is 5.91 Å². The summed E-state index contributed by atoms with van der Waals surface area (Å²) >= 11 is 7.53. The lowest BCUT2D eigenvalue weighted by molar-refractivity contribution is -0.118. The minimum Gasteiger partial charge on any atom is -0.490 e. The summed E-state index contributed by atoms with van der Waals surface area (Å²) in [6.07, 6.45) is 0. The van der Waals surface area contributed by atoms with E-state index in [0.29, 0.717) is 36.3 Å². The molecule has 2 aromatic rings. The zero-order valence-electron chi connectivity index (χ0n) is 15.1. The van der Waals surface area contributed by atoms with Gasteiger partial charge in [0.15, 0.2) is 11.5 Å². The number of nitrogens with one attached hydrogen (secondary N) is 1. The van der Waals surface area contributed by atoms with Gasteiger partial charge in [0, 0.05) is 17.3 Å². The second-order valence-electron chi connectivity index (χ2n) is 5.55. The summed E-state index contributed by atoms with van der Waals surface area (Å²) in [5.74, 6) is 2.59. The molecule has 1 amide bonds. The van der Waals surface area contributed by atoms with Gasteiger partial charge in [-0.15, -0.1) is 11.8 Å². The van der Waals surface area contributed by atoms with E-state index in [9.17, 15) is 4.79 Å². The van der Waals surface area contributed by atoms with E-state index in [-0.39, 0.29) is 5.91 Å². The summed E-state index contributed by atoms with van der Waals surface area (Å²) in [6.45, 7) is 5.48. The molecule has 0 aliphatic carbocycles. The fourth-order valence-corrected chi connectivity index (χ4v) is 3.36. The molecule has 0 spiro atoms. The quantitative estimate of drug-likeness (QED) is 0.636. The first-order valence-electron chi connectivity index (χ1n) is 8.59. The summed E-state index contributed by atoms with van der Waals surface area (Å²) in [4.78, 5) is 12.0. The van der Waals surface area contributed by atoms with Gasteiger partial charge < -0.3 is 14.8 Å². The molecule has 0 aliphatic heterocycles. The Labute approximate surface area is 164 Å². The highest BCUT2D eigenvalue weighted by molar-refractivity contribution is 7.99. The van der Waals surface area contributed by atoms with Gasteiger partial charge in [-0.25, -0.2) is 0 Å². The second kappa shape index (κ2) is 11.0. The predicted molar refractivity (Wildman–Crippen MR) is 108 cm³/mol. The van der Waals surface area contributed by atoms with Crippen LogP contribution in [0.5, 0.6) is 11.5 Å². The molecule has 26 heavy (non-hydrogen) atoms. The molecule has 0 radical (unpaired) electrons. The first-order valence-corrected chi connectivity index (χ1v) is 10.1. The van der Waals surface area contributed by atoms with Crippen LogP contribution >= 0.6 is 23.4 Å². The minimum absolute atomic E-state index is 0.00359. The Morgan fingerprint density at radius 1 is 1.04 bits per heavy atom. The van der Waals surface area contributed by atoms with E-state index in [2.05, 4.69) is 5.32 Å². The van der Waals surface area contributed by atoms with Crippen LogP contribution in [0.25, 0.3) is 0 Å². The Hall–Kier alpha value is -1.85. The van der Waals surface area contributed by atoms with Crippen molar-refractivity contribution in [3.63, 3.8) is 0 Å². The molecule has 140 valence electrons. The van der Waals surface area contributed by atoms with Crippen LogP contribution in [0.15, 0.2) is 42.5 Å². The van der Waals surface area contributed by atoms with Crippen molar-refractivity contribution >= 4 is 29.3 Å². The SMILES string of the molecule is CCOc1ccc(CNC(=O)CSCc2cccc(Cl)c2)cc1OCC. The number of carbonyl (C=O) groups excluding carboxylic acids is 1. The van der Waals surface area contributed by atoms with Gasteiger partial charge in [-0.2, -0.15) is 0 Å². The monoisotopic (exact) mass is 393 g/mol. The number of amides is 1. The summed E-state index contributed by atoms with van der Waals surface area (Å²) in [5.41, 5.74) is 2.09. The average molecular weight is 394 g/mol. The molecule has 0 saturated heterocycles. The molecule has 0 aromatic heterocycles. The van der Waals surface area contributed by atoms with Crippen LogP contribution in [-0.4, -0.2) is 24.9 Å². The van der Waals surface area contributed by atoms with Crippen molar-refractivity contribution in [2.24, 2.45) is 0 Å². The average Bonchev–Trinajstić information content (AvgIpc) is 2.62. The predicted octanol–water partition coefficient (Wildman–Crippen LogP) is 4.69. The lowest BCUT2D eigenvalue weighted by atomic mass is 10.2. The Balaban J connectivity index is 1.80. The van der Waals surface area contributed by atoms with Crippen molar-refractivity contribution in [3.8, 4) is 11.5 Å². The number of thioether (sulfide) groups is 1. The topological polar surface area (TPSA) is 47.6 Å². The Morgan fingerprint density at radius 2 is 1.81 bits per heavy atom. The van der Waals surface area contributed by atoms with Gasteiger partial charge in [0.1, 0.15) is 0 Å². The van der Waals surface area contributed by atoms with Crippen molar-refractivity contribution in [1.82, 2.24) is 5.32 Å². The van der Waals surface area contributed by atoms with Crippen molar-refractivity contribution in [3.05, 3.63) is 58.6 Å². The van der Waals surface area contributed by atoms with E-state index in [0.717, 1.165) is 22.6 Å². The third-order valence-corrected chi connectivity index (χ3v) is 4.73. The van der Waals surface area contributed by atoms with Crippen molar-refractivity contribution in [1.29, 1.82) is 0 Å². The summed E-state index contributed by atoms with van der Waals surface area (Å²) in [6, 6.07) is 13.4. The third-order valence-electron chi connectivity index (χ3n) is 3.49.